The Labute approximate surface area is 64.3 Å². The monoisotopic (exact) mass is 151 g/mol. The summed E-state index contributed by atoms with van der Waals surface area (Å²) in [5, 5.41) is 2.47. The van der Waals surface area contributed by atoms with E-state index in [1.54, 1.807) is 25.6 Å². The Morgan fingerprint density at radius 3 is 3.18 bits per heavy atom. The fraction of sp³-hybridized carbons (Fsp3) is 0.143. The largest absolute Gasteiger partial charge is 0.356 e. The van der Waals surface area contributed by atoms with Crippen LogP contribution >= 0.6 is 0 Å². The summed E-state index contributed by atoms with van der Waals surface area (Å²) in [6, 6.07) is 0. The number of amides is 1. The number of H-pyrrole nitrogens is 1. The van der Waals surface area contributed by atoms with Crippen LogP contribution in [0.3, 0.4) is 0 Å². The first-order chi connectivity index (χ1) is 5.33. The average Bonchev–Trinajstić information content (AvgIpc) is 2.52. The lowest BCUT2D eigenvalue weighted by Gasteiger charge is -1.87. The van der Waals surface area contributed by atoms with Gasteiger partial charge in [-0.25, -0.2) is 4.98 Å². The molecule has 0 saturated heterocycles. The van der Waals surface area contributed by atoms with Gasteiger partial charge >= 0.3 is 0 Å². The van der Waals surface area contributed by atoms with E-state index < -0.39 is 0 Å². The van der Waals surface area contributed by atoms with Gasteiger partial charge < -0.3 is 10.3 Å². The highest BCUT2D eigenvalue weighted by molar-refractivity contribution is 5.91. The van der Waals surface area contributed by atoms with Crippen LogP contribution in [0.15, 0.2) is 18.6 Å². The van der Waals surface area contributed by atoms with E-state index in [1.165, 1.54) is 6.08 Å². The van der Waals surface area contributed by atoms with Gasteiger partial charge in [0.2, 0.25) is 5.91 Å². The van der Waals surface area contributed by atoms with Crippen molar-refractivity contribution in [2.24, 2.45) is 0 Å². The van der Waals surface area contributed by atoms with Crippen LogP contribution in [0.25, 0.3) is 6.08 Å². The maximum Gasteiger partial charge on any atom is 0.243 e. The van der Waals surface area contributed by atoms with Gasteiger partial charge in [0, 0.05) is 13.1 Å². The van der Waals surface area contributed by atoms with Crippen LogP contribution in [0.5, 0.6) is 0 Å². The fourth-order valence-electron chi connectivity index (χ4n) is 0.607. The smallest absolute Gasteiger partial charge is 0.243 e. The molecule has 11 heavy (non-hydrogen) atoms. The first-order valence-corrected chi connectivity index (χ1v) is 3.21. The molecule has 2 N–H and O–H groups in total. The van der Waals surface area contributed by atoms with Gasteiger partial charge in [0.05, 0.1) is 18.2 Å². The minimum absolute atomic E-state index is 0.125. The molecule has 0 aliphatic rings. The lowest BCUT2D eigenvalue weighted by molar-refractivity contribution is -0.115. The van der Waals surface area contributed by atoms with Crippen molar-refractivity contribution in [2.45, 2.75) is 0 Å². The molecule has 1 heterocycles. The van der Waals surface area contributed by atoms with Crippen molar-refractivity contribution in [3.63, 3.8) is 0 Å². The number of carbonyl (C=O) groups excluding carboxylic acids is 1. The highest BCUT2D eigenvalue weighted by Crippen LogP contribution is 1.92. The molecule has 4 nitrogen and oxygen atoms in total. The van der Waals surface area contributed by atoms with E-state index in [-0.39, 0.29) is 5.91 Å². The maximum atomic E-state index is 10.7. The van der Waals surface area contributed by atoms with E-state index >= 15 is 0 Å². The lowest BCUT2D eigenvalue weighted by atomic mass is 10.4. The summed E-state index contributed by atoms with van der Waals surface area (Å²) in [6.07, 6.45) is 6.29. The van der Waals surface area contributed by atoms with Gasteiger partial charge in [-0.05, 0) is 6.08 Å². The third-order valence-corrected chi connectivity index (χ3v) is 1.18. The highest BCUT2D eigenvalue weighted by Gasteiger charge is 1.88. The van der Waals surface area contributed by atoms with Crippen molar-refractivity contribution in [1.82, 2.24) is 15.3 Å². The van der Waals surface area contributed by atoms with Crippen LogP contribution in [0, 0.1) is 0 Å². The van der Waals surface area contributed by atoms with E-state index in [0.29, 0.717) is 0 Å². The van der Waals surface area contributed by atoms with Gasteiger partial charge in [-0.2, -0.15) is 0 Å². The second-order valence-corrected chi connectivity index (χ2v) is 1.95. The SMILES string of the molecule is CNC(=O)C=Cc1cnc[nH]1. The Kier molecular flexibility index (Phi) is 2.43. The minimum Gasteiger partial charge on any atom is -0.356 e. The molecule has 0 fully saturated rings. The highest BCUT2D eigenvalue weighted by atomic mass is 16.1. The van der Waals surface area contributed by atoms with E-state index in [2.05, 4.69) is 15.3 Å². The number of likely N-dealkylation sites (N-methyl/N-ethyl adjacent to an activating group) is 1. The van der Waals surface area contributed by atoms with Crippen LogP contribution in [-0.4, -0.2) is 22.9 Å². The summed E-state index contributed by atoms with van der Waals surface area (Å²) in [5.74, 6) is -0.125. The summed E-state index contributed by atoms with van der Waals surface area (Å²) in [4.78, 5) is 17.3. The lowest BCUT2D eigenvalue weighted by Crippen LogP contribution is -2.13. The molecule has 1 aromatic heterocycles. The molecular weight excluding hydrogens is 142 g/mol. The van der Waals surface area contributed by atoms with E-state index in [9.17, 15) is 4.79 Å². The average molecular weight is 151 g/mol. The number of nitrogens with one attached hydrogen (secondary N) is 2. The third-order valence-electron chi connectivity index (χ3n) is 1.18. The predicted molar refractivity (Wildman–Crippen MR) is 41.7 cm³/mol. The molecule has 1 rings (SSSR count). The molecule has 0 aliphatic heterocycles. The van der Waals surface area contributed by atoms with Crippen LogP contribution in [-0.2, 0) is 4.79 Å². The number of aromatic amines is 1. The van der Waals surface area contributed by atoms with Crippen molar-refractivity contribution < 1.29 is 4.79 Å². The molecule has 0 bridgehead atoms. The van der Waals surface area contributed by atoms with Crippen LogP contribution in [0.4, 0.5) is 0 Å². The number of hydrogen-bond donors (Lipinski definition) is 2. The second-order valence-electron chi connectivity index (χ2n) is 1.95. The first kappa shape index (κ1) is 7.53. The molecule has 0 aromatic carbocycles. The van der Waals surface area contributed by atoms with Gasteiger partial charge in [0.15, 0.2) is 0 Å². The molecule has 0 radical (unpaired) electrons. The van der Waals surface area contributed by atoms with Crippen LogP contribution < -0.4 is 5.32 Å². The van der Waals surface area contributed by atoms with Gasteiger partial charge in [-0.1, -0.05) is 0 Å². The molecule has 0 aliphatic carbocycles. The summed E-state index contributed by atoms with van der Waals surface area (Å²) in [7, 11) is 1.58. The first-order valence-electron chi connectivity index (χ1n) is 3.21. The molecule has 58 valence electrons. The number of carbonyl (C=O) groups is 1. The van der Waals surface area contributed by atoms with E-state index in [1.807, 2.05) is 0 Å². The van der Waals surface area contributed by atoms with Crippen molar-refractivity contribution in [3.8, 4) is 0 Å². The zero-order valence-electron chi connectivity index (χ0n) is 6.16. The maximum absolute atomic E-state index is 10.7. The topological polar surface area (TPSA) is 57.8 Å². The molecule has 0 spiro atoms. The molecule has 0 unspecified atom stereocenters. The van der Waals surface area contributed by atoms with Crippen molar-refractivity contribution in [2.75, 3.05) is 7.05 Å². The molecule has 0 atom stereocenters. The fourth-order valence-corrected chi connectivity index (χ4v) is 0.607. The second kappa shape index (κ2) is 3.55. The van der Waals surface area contributed by atoms with E-state index in [4.69, 9.17) is 0 Å². The number of aromatic nitrogens is 2. The Bertz CT molecular complexity index is 251. The van der Waals surface area contributed by atoms with Gasteiger partial charge in [-0.3, -0.25) is 4.79 Å². The van der Waals surface area contributed by atoms with Gasteiger partial charge in [-0.15, -0.1) is 0 Å². The quantitative estimate of drug-likeness (QED) is 0.592. The van der Waals surface area contributed by atoms with E-state index in [0.717, 1.165) is 5.69 Å². The van der Waals surface area contributed by atoms with Gasteiger partial charge in [0.25, 0.3) is 0 Å². The molecule has 1 amide bonds. The standard InChI is InChI=1S/C7H9N3O/c1-8-7(11)3-2-6-4-9-5-10-6/h2-5H,1H3,(H,8,11)(H,9,10). The number of nitrogens with zero attached hydrogens (tertiary/aromatic N) is 1. The summed E-state index contributed by atoms with van der Waals surface area (Å²) in [5.41, 5.74) is 0.814. The van der Waals surface area contributed by atoms with Crippen molar-refractivity contribution in [3.05, 3.63) is 24.3 Å². The Morgan fingerprint density at radius 2 is 2.64 bits per heavy atom. The number of hydrogen-bond acceptors (Lipinski definition) is 2. The van der Waals surface area contributed by atoms with Crippen LogP contribution in [0.1, 0.15) is 5.69 Å². The Balaban J connectivity index is 2.55. The molecular formula is C7H9N3O. The third kappa shape index (κ3) is 2.25. The molecule has 0 saturated carbocycles. The zero-order valence-corrected chi connectivity index (χ0v) is 6.16. The molecule has 4 heteroatoms. The zero-order chi connectivity index (χ0) is 8.10. The minimum atomic E-state index is -0.125. The molecule has 1 aromatic rings. The van der Waals surface area contributed by atoms with Crippen molar-refractivity contribution >= 4 is 12.0 Å². The number of rotatable bonds is 2. The Hall–Kier alpha value is -1.58. The predicted octanol–water partition coefficient (Wildman–Crippen LogP) is 0.169. The normalized spacial score (nSPS) is 10.3. The summed E-state index contributed by atoms with van der Waals surface area (Å²) >= 11 is 0. The Morgan fingerprint density at radius 1 is 1.82 bits per heavy atom. The van der Waals surface area contributed by atoms with Gasteiger partial charge in [0.1, 0.15) is 0 Å². The summed E-state index contributed by atoms with van der Waals surface area (Å²) < 4.78 is 0. The number of imidazole rings is 1. The van der Waals surface area contributed by atoms with Crippen molar-refractivity contribution in [1.29, 1.82) is 0 Å². The van der Waals surface area contributed by atoms with Crippen LogP contribution in [0.2, 0.25) is 0 Å². The summed E-state index contributed by atoms with van der Waals surface area (Å²) in [6.45, 7) is 0.